The van der Waals surface area contributed by atoms with E-state index in [9.17, 15) is 13.6 Å². The fourth-order valence-corrected chi connectivity index (χ4v) is 5.08. The average Bonchev–Trinajstić information content (AvgIpc) is 3.25. The van der Waals surface area contributed by atoms with Crippen LogP contribution in [0.3, 0.4) is 0 Å². The number of benzene rings is 3. The summed E-state index contributed by atoms with van der Waals surface area (Å²) in [5, 5.41) is 0.803. The van der Waals surface area contributed by atoms with Crippen molar-refractivity contribution in [1.82, 2.24) is 4.57 Å². The Kier molecular flexibility index (Phi) is 5.47. The highest BCUT2D eigenvalue weighted by Crippen LogP contribution is 2.42. The monoisotopic (exact) mass is 463 g/mol. The number of hydrogen-bond donors (Lipinski definition) is 0. The van der Waals surface area contributed by atoms with Crippen LogP contribution in [0.2, 0.25) is 0 Å². The number of aryl methyl sites for hydroxylation is 1. The first-order valence-electron chi connectivity index (χ1n) is 11.4. The Morgan fingerprint density at radius 3 is 2.56 bits per heavy atom. The highest BCUT2D eigenvalue weighted by molar-refractivity contribution is 6.07. The Bertz CT molecular complexity index is 1470. The summed E-state index contributed by atoms with van der Waals surface area (Å²) in [6.45, 7) is 6.51. The minimum absolute atomic E-state index is 0.0447. The molecule has 34 heavy (non-hydrogen) atoms. The molecule has 3 aromatic carbocycles. The van der Waals surface area contributed by atoms with Gasteiger partial charge in [0.25, 0.3) is 5.91 Å². The van der Waals surface area contributed by atoms with Gasteiger partial charge in [-0.1, -0.05) is 6.92 Å². The zero-order chi connectivity index (χ0) is 24.1. The predicted molar refractivity (Wildman–Crippen MR) is 126 cm³/mol. The number of carbonyl (C=O) groups excluding carboxylic acids is 1. The Labute approximate surface area is 195 Å². The van der Waals surface area contributed by atoms with E-state index in [1.165, 1.54) is 16.7 Å². The molecule has 0 spiro atoms. The van der Waals surface area contributed by atoms with Crippen LogP contribution >= 0.6 is 0 Å². The highest BCUT2D eigenvalue weighted by atomic mass is 19.2. The number of fused-ring (bicyclic) bond motifs is 2. The Hall–Kier alpha value is -3.54. The molecule has 3 nitrogen and oxygen atoms in total. The summed E-state index contributed by atoms with van der Waals surface area (Å²) >= 11 is 0. The third-order valence-corrected chi connectivity index (χ3v) is 6.77. The van der Waals surface area contributed by atoms with Crippen molar-refractivity contribution >= 4 is 16.8 Å². The van der Waals surface area contributed by atoms with Crippen LogP contribution in [0.5, 0.6) is 5.75 Å². The van der Waals surface area contributed by atoms with Gasteiger partial charge in [0.2, 0.25) is 0 Å². The maximum atomic E-state index is 15.1. The van der Waals surface area contributed by atoms with Gasteiger partial charge < -0.3 is 4.74 Å². The summed E-state index contributed by atoms with van der Waals surface area (Å²) in [7, 11) is 0. The van der Waals surface area contributed by atoms with E-state index in [0.29, 0.717) is 17.9 Å². The number of hydrogen-bond acceptors (Lipinski definition) is 2. The van der Waals surface area contributed by atoms with E-state index in [1.54, 1.807) is 6.20 Å². The van der Waals surface area contributed by atoms with Gasteiger partial charge in [-0.05, 0) is 97.3 Å². The summed E-state index contributed by atoms with van der Waals surface area (Å²) in [6, 6.07) is 8.39. The van der Waals surface area contributed by atoms with Crippen molar-refractivity contribution in [3.05, 3.63) is 87.9 Å². The summed E-state index contributed by atoms with van der Waals surface area (Å²) < 4.78 is 49.3. The Morgan fingerprint density at radius 1 is 1.03 bits per heavy atom. The Morgan fingerprint density at radius 2 is 1.82 bits per heavy atom. The highest BCUT2D eigenvalue weighted by Gasteiger charge is 2.25. The number of nitrogens with zero attached hydrogens (tertiary/aromatic N) is 1. The lowest BCUT2D eigenvalue weighted by Gasteiger charge is -2.24. The molecule has 4 aromatic rings. The van der Waals surface area contributed by atoms with Crippen LogP contribution in [-0.4, -0.2) is 17.1 Å². The second-order valence-corrected chi connectivity index (χ2v) is 8.74. The lowest BCUT2D eigenvalue weighted by Crippen LogP contribution is -2.13. The standard InChI is InChI=1S/C28H24F3NO2/c1-4-18-15(2)12-25-20(9-10-32(25)28(33)17-7-8-22(29)23(30)13-17)26(18)21-14-24(31)27-19(16(21)3)6-5-11-34-27/h7-10,12-14H,4-6,11H2,1-3H3. The van der Waals surface area contributed by atoms with E-state index in [2.05, 4.69) is 0 Å². The summed E-state index contributed by atoms with van der Waals surface area (Å²) in [5.41, 5.74) is 6.25. The van der Waals surface area contributed by atoms with E-state index in [4.69, 9.17) is 4.74 Å². The van der Waals surface area contributed by atoms with Crippen molar-refractivity contribution in [1.29, 1.82) is 0 Å². The molecule has 0 amide bonds. The lowest BCUT2D eigenvalue weighted by molar-refractivity contribution is 0.0964. The van der Waals surface area contributed by atoms with Gasteiger partial charge in [0.1, 0.15) is 0 Å². The van der Waals surface area contributed by atoms with Crippen LogP contribution in [0.1, 0.15) is 46.0 Å². The Balaban J connectivity index is 1.76. The first kappa shape index (κ1) is 22.3. The van der Waals surface area contributed by atoms with Crippen LogP contribution in [-0.2, 0) is 12.8 Å². The molecule has 0 bridgehead atoms. The van der Waals surface area contributed by atoms with Crippen LogP contribution in [0.25, 0.3) is 22.0 Å². The molecular formula is C28H24F3NO2. The lowest BCUT2D eigenvalue weighted by atomic mass is 9.86. The molecule has 0 fully saturated rings. The van der Waals surface area contributed by atoms with Gasteiger partial charge in [-0.15, -0.1) is 0 Å². The van der Waals surface area contributed by atoms with Crippen LogP contribution in [0, 0.1) is 31.3 Å². The van der Waals surface area contributed by atoms with Gasteiger partial charge in [-0.25, -0.2) is 13.2 Å². The maximum absolute atomic E-state index is 15.1. The van der Waals surface area contributed by atoms with E-state index in [-0.39, 0.29) is 11.4 Å². The van der Waals surface area contributed by atoms with Crippen molar-refractivity contribution < 1.29 is 22.7 Å². The quantitative estimate of drug-likeness (QED) is 0.330. The van der Waals surface area contributed by atoms with Gasteiger partial charge in [-0.2, -0.15) is 0 Å². The molecule has 1 aliphatic heterocycles. The second-order valence-electron chi connectivity index (χ2n) is 8.74. The molecule has 2 heterocycles. The molecule has 0 saturated carbocycles. The van der Waals surface area contributed by atoms with Gasteiger partial charge in [-0.3, -0.25) is 9.36 Å². The number of aromatic nitrogens is 1. The molecule has 0 saturated heterocycles. The van der Waals surface area contributed by atoms with E-state index in [1.807, 2.05) is 32.9 Å². The molecule has 0 unspecified atom stereocenters. The zero-order valence-corrected chi connectivity index (χ0v) is 19.3. The van der Waals surface area contributed by atoms with E-state index in [0.717, 1.165) is 70.2 Å². The van der Waals surface area contributed by atoms with Crippen molar-refractivity contribution in [2.45, 2.75) is 40.0 Å². The number of ether oxygens (including phenoxy) is 1. The molecule has 174 valence electrons. The predicted octanol–water partition coefficient (Wildman–Crippen LogP) is 6.92. The molecular weight excluding hydrogens is 439 g/mol. The minimum atomic E-state index is -1.07. The fourth-order valence-electron chi connectivity index (χ4n) is 5.08. The summed E-state index contributed by atoms with van der Waals surface area (Å²) in [6.07, 6.45) is 3.94. The van der Waals surface area contributed by atoms with Crippen LogP contribution in [0.4, 0.5) is 13.2 Å². The topological polar surface area (TPSA) is 31.2 Å². The molecule has 0 atom stereocenters. The number of carbonyl (C=O) groups is 1. The van der Waals surface area contributed by atoms with Crippen molar-refractivity contribution in [3.8, 4) is 16.9 Å². The number of rotatable bonds is 3. The summed E-state index contributed by atoms with van der Waals surface area (Å²) in [5.74, 6) is -2.60. The first-order valence-corrected chi connectivity index (χ1v) is 11.4. The normalized spacial score (nSPS) is 13.1. The van der Waals surface area contributed by atoms with Gasteiger partial charge >= 0.3 is 0 Å². The van der Waals surface area contributed by atoms with Crippen molar-refractivity contribution in [3.63, 3.8) is 0 Å². The van der Waals surface area contributed by atoms with E-state index >= 15 is 4.39 Å². The molecule has 0 aliphatic carbocycles. The van der Waals surface area contributed by atoms with Crippen molar-refractivity contribution in [2.75, 3.05) is 6.61 Å². The molecule has 1 aromatic heterocycles. The summed E-state index contributed by atoms with van der Waals surface area (Å²) in [4.78, 5) is 13.2. The number of halogens is 3. The fraction of sp³-hybridized carbons (Fsp3) is 0.250. The second kappa shape index (κ2) is 8.35. The molecule has 6 heteroatoms. The van der Waals surface area contributed by atoms with Gasteiger partial charge in [0, 0.05) is 22.7 Å². The first-order chi connectivity index (χ1) is 16.3. The smallest absolute Gasteiger partial charge is 0.262 e. The maximum Gasteiger partial charge on any atom is 0.262 e. The van der Waals surface area contributed by atoms with Crippen molar-refractivity contribution in [2.24, 2.45) is 0 Å². The minimum Gasteiger partial charge on any atom is -0.490 e. The largest absolute Gasteiger partial charge is 0.490 e. The molecule has 0 N–H and O–H groups in total. The SMILES string of the molecule is CCc1c(C)cc2c(ccn2C(=O)c2ccc(F)c(F)c2)c1-c1cc(F)c2c(c1C)CCCO2. The third kappa shape index (κ3) is 3.40. The van der Waals surface area contributed by atoms with Gasteiger partial charge in [0.05, 0.1) is 12.1 Å². The zero-order valence-electron chi connectivity index (χ0n) is 19.3. The van der Waals surface area contributed by atoms with Gasteiger partial charge in [0.15, 0.2) is 23.2 Å². The molecule has 5 rings (SSSR count). The van der Waals surface area contributed by atoms with Crippen LogP contribution < -0.4 is 4.74 Å². The molecule has 1 aliphatic rings. The van der Waals surface area contributed by atoms with Crippen LogP contribution in [0.15, 0.2) is 42.6 Å². The molecule has 0 radical (unpaired) electrons. The third-order valence-electron chi connectivity index (χ3n) is 6.77. The average molecular weight is 463 g/mol. The van der Waals surface area contributed by atoms with E-state index < -0.39 is 17.5 Å².